The minimum Gasteiger partial charge on any atom is -0.496 e. The Kier molecular flexibility index (Phi) is 8.92. The van der Waals surface area contributed by atoms with E-state index in [1.54, 1.807) is 6.07 Å². The van der Waals surface area contributed by atoms with E-state index in [4.69, 9.17) is 4.74 Å². The van der Waals surface area contributed by atoms with Gasteiger partial charge in [-0.05, 0) is 55.1 Å². The first-order valence-corrected chi connectivity index (χ1v) is 12.7. The molecule has 0 aliphatic carbocycles. The van der Waals surface area contributed by atoms with E-state index in [0.717, 1.165) is 24.9 Å². The molecule has 4 rings (SSSR count). The largest absolute Gasteiger partial charge is 0.496 e. The number of nitrogens with zero attached hydrogens (tertiary/aromatic N) is 1. The van der Waals surface area contributed by atoms with Gasteiger partial charge in [0.05, 0.1) is 24.3 Å². The maximum atomic E-state index is 13.2. The molecule has 1 aliphatic rings. The predicted octanol–water partition coefficient (Wildman–Crippen LogP) is 7.48. The van der Waals surface area contributed by atoms with Crippen molar-refractivity contribution in [2.75, 3.05) is 32.1 Å². The summed E-state index contributed by atoms with van der Waals surface area (Å²) in [7, 11) is 1.53. The van der Waals surface area contributed by atoms with Gasteiger partial charge in [-0.1, -0.05) is 48.5 Å². The van der Waals surface area contributed by atoms with Crippen LogP contribution in [0.3, 0.4) is 0 Å². The van der Waals surface area contributed by atoms with Gasteiger partial charge in [-0.3, -0.25) is 4.90 Å². The number of carbonyl (C=O) groups excluding carboxylic acids is 1. The molecule has 2 N–H and O–H groups in total. The quantitative estimate of drug-likeness (QED) is 0.292. The maximum Gasteiger partial charge on any atom is 0.416 e. The van der Waals surface area contributed by atoms with Gasteiger partial charge in [0.15, 0.2) is 0 Å². The Morgan fingerprint density at radius 1 is 0.950 bits per heavy atom. The summed E-state index contributed by atoms with van der Waals surface area (Å²) in [6.07, 6.45) is -8.15. The minimum absolute atomic E-state index is 0.0142. The number of nitrogens with one attached hydrogen (secondary N) is 2. The monoisotopic (exact) mass is 565 g/mol. The molecule has 1 fully saturated rings. The van der Waals surface area contributed by atoms with Gasteiger partial charge in [-0.15, -0.1) is 0 Å². The van der Waals surface area contributed by atoms with Crippen molar-refractivity contribution in [2.24, 2.45) is 0 Å². The lowest BCUT2D eigenvalue weighted by Gasteiger charge is -2.39. The standard InChI is InChI=1S/C29H29F6N3O2/c1-40-26-12-6-5-11-24(26)25(38-13-7-10-20(18-38)19-8-3-2-4-9-19)17-36-27(39)37-23-15-21(28(30,31)32)14-22(16-23)29(33,34)35/h2-6,8-9,11-12,14-16,20,25H,7,10,13,17-18H2,1H3,(H2,36,37,39). The fourth-order valence-corrected chi connectivity index (χ4v) is 5.06. The van der Waals surface area contributed by atoms with Crippen LogP contribution in [0, 0.1) is 0 Å². The number of alkyl halides is 6. The van der Waals surface area contributed by atoms with Gasteiger partial charge < -0.3 is 15.4 Å². The number of amides is 2. The van der Waals surface area contributed by atoms with Gasteiger partial charge in [0, 0.05) is 24.3 Å². The summed E-state index contributed by atoms with van der Waals surface area (Å²) in [6, 6.07) is 17.1. The van der Waals surface area contributed by atoms with Crippen molar-refractivity contribution in [2.45, 2.75) is 37.2 Å². The zero-order valence-electron chi connectivity index (χ0n) is 21.6. The Labute approximate surface area is 228 Å². The number of ether oxygens (including phenoxy) is 1. The maximum absolute atomic E-state index is 13.2. The lowest BCUT2D eigenvalue weighted by atomic mass is 9.89. The molecule has 0 spiro atoms. The molecule has 2 unspecified atom stereocenters. The van der Waals surface area contributed by atoms with Gasteiger partial charge in [0.25, 0.3) is 0 Å². The fraction of sp³-hybridized carbons (Fsp3) is 0.345. The number of halogens is 6. The van der Waals surface area contributed by atoms with Gasteiger partial charge >= 0.3 is 18.4 Å². The average Bonchev–Trinajstić information content (AvgIpc) is 2.93. The molecular formula is C29H29F6N3O2. The highest BCUT2D eigenvalue weighted by Crippen LogP contribution is 2.38. The van der Waals surface area contributed by atoms with E-state index < -0.39 is 35.2 Å². The zero-order valence-corrected chi connectivity index (χ0v) is 21.6. The molecule has 0 radical (unpaired) electrons. The number of carbonyl (C=O) groups is 1. The van der Waals surface area contributed by atoms with E-state index in [2.05, 4.69) is 27.7 Å². The topological polar surface area (TPSA) is 53.6 Å². The summed E-state index contributed by atoms with van der Waals surface area (Å²) in [5.74, 6) is 0.858. The number of hydrogen-bond donors (Lipinski definition) is 2. The summed E-state index contributed by atoms with van der Waals surface area (Å²) in [6.45, 7) is 1.47. The molecule has 5 nitrogen and oxygen atoms in total. The van der Waals surface area contributed by atoms with E-state index in [9.17, 15) is 31.1 Å². The van der Waals surface area contributed by atoms with Crippen LogP contribution in [0.1, 0.15) is 47.1 Å². The minimum atomic E-state index is -5.02. The van der Waals surface area contributed by atoms with E-state index in [0.29, 0.717) is 24.4 Å². The highest BCUT2D eigenvalue weighted by Gasteiger charge is 2.37. The number of urea groups is 1. The number of para-hydroxylation sites is 1. The van der Waals surface area contributed by atoms with E-state index >= 15 is 0 Å². The second kappa shape index (κ2) is 12.2. The third-order valence-corrected chi connectivity index (χ3v) is 6.96. The molecule has 2 amide bonds. The summed E-state index contributed by atoms with van der Waals surface area (Å²) >= 11 is 0. The SMILES string of the molecule is COc1ccccc1C(CNC(=O)Nc1cc(C(F)(F)F)cc(C(F)(F)F)c1)N1CCCC(c2ccccc2)C1. The number of rotatable bonds is 7. The second-order valence-corrected chi connectivity index (χ2v) is 9.63. The smallest absolute Gasteiger partial charge is 0.416 e. The first-order valence-electron chi connectivity index (χ1n) is 12.7. The first kappa shape index (κ1) is 29.3. The van der Waals surface area contributed by atoms with Gasteiger partial charge in [-0.25, -0.2) is 4.79 Å². The Morgan fingerprint density at radius 2 is 1.57 bits per heavy atom. The number of likely N-dealkylation sites (tertiary alicyclic amines) is 1. The number of methoxy groups -OCH3 is 1. The second-order valence-electron chi connectivity index (χ2n) is 9.63. The number of hydrogen-bond acceptors (Lipinski definition) is 3. The van der Waals surface area contributed by atoms with Crippen LogP contribution in [0.15, 0.2) is 72.8 Å². The molecule has 3 aromatic rings. The summed E-state index contributed by atoms with van der Waals surface area (Å²) in [4.78, 5) is 15.0. The first-order chi connectivity index (χ1) is 19.0. The van der Waals surface area contributed by atoms with E-state index in [-0.39, 0.29) is 24.6 Å². The van der Waals surface area contributed by atoms with Crippen LogP contribution < -0.4 is 15.4 Å². The molecule has 214 valence electrons. The summed E-state index contributed by atoms with van der Waals surface area (Å²) in [5, 5.41) is 4.78. The van der Waals surface area contributed by atoms with Crippen LogP contribution in [-0.4, -0.2) is 37.7 Å². The molecule has 0 aromatic heterocycles. The molecule has 2 atom stereocenters. The Morgan fingerprint density at radius 3 is 2.20 bits per heavy atom. The molecule has 1 heterocycles. The van der Waals surface area contributed by atoms with Crippen LogP contribution in [0.25, 0.3) is 0 Å². The van der Waals surface area contributed by atoms with Gasteiger partial charge in [0.1, 0.15) is 5.75 Å². The lowest BCUT2D eigenvalue weighted by molar-refractivity contribution is -0.143. The third kappa shape index (κ3) is 7.26. The predicted molar refractivity (Wildman–Crippen MR) is 139 cm³/mol. The Hall–Kier alpha value is -3.73. The van der Waals surface area contributed by atoms with Crippen LogP contribution in [0.4, 0.5) is 36.8 Å². The van der Waals surface area contributed by atoms with E-state index in [1.807, 2.05) is 36.4 Å². The molecular weight excluding hydrogens is 536 g/mol. The summed E-state index contributed by atoms with van der Waals surface area (Å²) in [5.41, 5.74) is -1.63. The molecule has 0 saturated carbocycles. The molecule has 0 bridgehead atoms. The van der Waals surface area contributed by atoms with Crippen molar-refractivity contribution in [3.8, 4) is 5.75 Å². The highest BCUT2D eigenvalue weighted by molar-refractivity contribution is 5.89. The van der Waals surface area contributed by atoms with Crippen molar-refractivity contribution in [1.29, 1.82) is 0 Å². The van der Waals surface area contributed by atoms with Crippen molar-refractivity contribution in [1.82, 2.24) is 10.2 Å². The third-order valence-electron chi connectivity index (χ3n) is 6.96. The number of benzene rings is 3. The summed E-state index contributed by atoms with van der Waals surface area (Å²) < 4.78 is 85.0. The van der Waals surface area contributed by atoms with Crippen LogP contribution in [-0.2, 0) is 12.4 Å². The van der Waals surface area contributed by atoms with Crippen LogP contribution >= 0.6 is 0 Å². The molecule has 11 heteroatoms. The zero-order chi connectivity index (χ0) is 28.9. The number of piperidine rings is 1. The van der Waals surface area contributed by atoms with Crippen LogP contribution in [0.5, 0.6) is 5.75 Å². The number of anilines is 1. The van der Waals surface area contributed by atoms with Crippen molar-refractivity contribution >= 4 is 11.7 Å². The highest BCUT2D eigenvalue weighted by atomic mass is 19.4. The van der Waals surface area contributed by atoms with Crippen molar-refractivity contribution in [3.05, 3.63) is 95.1 Å². The normalized spacial score (nSPS) is 17.2. The van der Waals surface area contributed by atoms with E-state index in [1.165, 1.54) is 12.7 Å². The van der Waals surface area contributed by atoms with Crippen LogP contribution in [0.2, 0.25) is 0 Å². The van der Waals surface area contributed by atoms with Gasteiger partial charge in [-0.2, -0.15) is 26.3 Å². The Balaban J connectivity index is 1.55. The van der Waals surface area contributed by atoms with Crippen molar-refractivity contribution < 1.29 is 35.9 Å². The van der Waals surface area contributed by atoms with Crippen molar-refractivity contribution in [3.63, 3.8) is 0 Å². The Bertz CT molecular complexity index is 1260. The average molecular weight is 566 g/mol. The molecule has 1 aliphatic heterocycles. The lowest BCUT2D eigenvalue weighted by Crippen LogP contribution is -2.43. The fourth-order valence-electron chi connectivity index (χ4n) is 5.06. The van der Waals surface area contributed by atoms with Gasteiger partial charge in [0.2, 0.25) is 0 Å². The molecule has 3 aromatic carbocycles. The molecule has 1 saturated heterocycles. The molecule has 40 heavy (non-hydrogen) atoms.